The van der Waals surface area contributed by atoms with E-state index >= 15 is 0 Å². The van der Waals surface area contributed by atoms with Crippen LogP contribution in [0.5, 0.6) is 0 Å². The Bertz CT molecular complexity index is 706. The SMILES string of the molecule is O=C(NCc1cccc([N+](=O)[O-])c1)OCCc1ccccc1Br. The molecule has 1 amide bonds. The molecule has 0 fully saturated rings. The van der Waals surface area contributed by atoms with Gasteiger partial charge in [-0.2, -0.15) is 0 Å². The number of hydrogen-bond acceptors (Lipinski definition) is 4. The van der Waals surface area contributed by atoms with E-state index < -0.39 is 11.0 Å². The molecule has 1 N–H and O–H groups in total. The van der Waals surface area contributed by atoms with Crippen molar-refractivity contribution < 1.29 is 14.5 Å². The van der Waals surface area contributed by atoms with Crippen molar-refractivity contribution in [2.75, 3.05) is 6.61 Å². The normalized spacial score (nSPS) is 10.1. The van der Waals surface area contributed by atoms with Gasteiger partial charge in [0.15, 0.2) is 0 Å². The quantitative estimate of drug-likeness (QED) is 0.611. The highest BCUT2D eigenvalue weighted by Crippen LogP contribution is 2.16. The van der Waals surface area contributed by atoms with E-state index in [4.69, 9.17) is 4.74 Å². The van der Waals surface area contributed by atoms with Crippen LogP contribution in [0.15, 0.2) is 53.0 Å². The Morgan fingerprint density at radius 1 is 1.22 bits per heavy atom. The Morgan fingerprint density at radius 2 is 2.00 bits per heavy atom. The Kier molecular flexibility index (Phi) is 6.10. The van der Waals surface area contributed by atoms with E-state index in [2.05, 4.69) is 21.2 Å². The Labute approximate surface area is 141 Å². The Hall–Kier alpha value is -2.41. The molecular formula is C16H15BrN2O4. The van der Waals surface area contributed by atoms with Crippen LogP contribution in [0.1, 0.15) is 11.1 Å². The lowest BCUT2D eigenvalue weighted by atomic mass is 10.2. The van der Waals surface area contributed by atoms with Gasteiger partial charge in [-0.3, -0.25) is 10.1 Å². The molecule has 7 heteroatoms. The summed E-state index contributed by atoms with van der Waals surface area (Å²) in [6.07, 6.45) is 0.0506. The summed E-state index contributed by atoms with van der Waals surface area (Å²) in [5.41, 5.74) is 1.69. The summed E-state index contributed by atoms with van der Waals surface area (Å²) in [4.78, 5) is 21.8. The molecule has 0 radical (unpaired) electrons. The van der Waals surface area contributed by atoms with E-state index in [0.717, 1.165) is 10.0 Å². The lowest BCUT2D eigenvalue weighted by Gasteiger charge is -2.08. The van der Waals surface area contributed by atoms with Crippen molar-refractivity contribution in [1.29, 1.82) is 0 Å². The maximum Gasteiger partial charge on any atom is 0.407 e. The Morgan fingerprint density at radius 3 is 2.74 bits per heavy atom. The number of halogens is 1. The second-order valence-corrected chi connectivity index (χ2v) is 5.61. The third kappa shape index (κ3) is 5.37. The van der Waals surface area contributed by atoms with Gasteiger partial charge in [0.25, 0.3) is 5.69 Å². The van der Waals surface area contributed by atoms with Crippen LogP contribution in [0.3, 0.4) is 0 Å². The number of non-ortho nitro benzene ring substituents is 1. The molecule has 0 aliphatic rings. The summed E-state index contributed by atoms with van der Waals surface area (Å²) in [5.74, 6) is 0. The number of amides is 1. The molecule has 2 rings (SSSR count). The highest BCUT2D eigenvalue weighted by atomic mass is 79.9. The third-order valence-corrected chi connectivity index (χ3v) is 3.89. The number of nitrogens with one attached hydrogen (secondary N) is 1. The van der Waals surface area contributed by atoms with Gasteiger partial charge in [-0.05, 0) is 17.2 Å². The first kappa shape index (κ1) is 17.0. The molecular weight excluding hydrogens is 364 g/mol. The second-order valence-electron chi connectivity index (χ2n) is 4.76. The van der Waals surface area contributed by atoms with Crippen molar-refractivity contribution in [3.8, 4) is 0 Å². The number of ether oxygens (including phenoxy) is 1. The van der Waals surface area contributed by atoms with Crippen molar-refractivity contribution >= 4 is 27.7 Å². The molecule has 0 aliphatic carbocycles. The fourth-order valence-corrected chi connectivity index (χ4v) is 2.44. The van der Waals surface area contributed by atoms with Gasteiger partial charge in [-0.15, -0.1) is 0 Å². The van der Waals surface area contributed by atoms with E-state index in [9.17, 15) is 14.9 Å². The molecule has 0 heterocycles. The van der Waals surface area contributed by atoms with Crippen molar-refractivity contribution in [1.82, 2.24) is 5.32 Å². The average Bonchev–Trinajstić information content (AvgIpc) is 2.55. The van der Waals surface area contributed by atoms with Crippen LogP contribution in [0.25, 0.3) is 0 Å². The van der Waals surface area contributed by atoms with Crippen LogP contribution in [0.4, 0.5) is 10.5 Å². The molecule has 6 nitrogen and oxygen atoms in total. The number of hydrogen-bond donors (Lipinski definition) is 1. The minimum atomic E-state index is -0.552. The predicted molar refractivity (Wildman–Crippen MR) is 89.1 cm³/mol. The van der Waals surface area contributed by atoms with E-state index in [1.807, 2.05) is 24.3 Å². The van der Waals surface area contributed by atoms with Crippen LogP contribution >= 0.6 is 15.9 Å². The number of nitro benzene ring substituents is 1. The summed E-state index contributed by atoms with van der Waals surface area (Å²) < 4.78 is 6.07. The molecule has 2 aromatic rings. The fraction of sp³-hybridized carbons (Fsp3) is 0.188. The number of benzene rings is 2. The molecule has 0 atom stereocenters. The van der Waals surface area contributed by atoms with E-state index in [1.165, 1.54) is 12.1 Å². The van der Waals surface area contributed by atoms with Crippen LogP contribution in [-0.4, -0.2) is 17.6 Å². The maximum absolute atomic E-state index is 11.6. The molecule has 0 saturated carbocycles. The van der Waals surface area contributed by atoms with Gasteiger partial charge in [0, 0.05) is 29.6 Å². The molecule has 0 unspecified atom stereocenters. The smallest absolute Gasteiger partial charge is 0.407 e. The zero-order chi connectivity index (χ0) is 16.7. The van der Waals surface area contributed by atoms with Crippen LogP contribution < -0.4 is 5.32 Å². The second kappa shape index (κ2) is 8.28. The largest absolute Gasteiger partial charge is 0.449 e. The summed E-state index contributed by atoms with van der Waals surface area (Å²) in [7, 11) is 0. The number of carbonyl (C=O) groups excluding carboxylic acids is 1. The van der Waals surface area contributed by atoms with Crippen molar-refractivity contribution in [3.63, 3.8) is 0 Å². The van der Waals surface area contributed by atoms with Gasteiger partial charge in [-0.1, -0.05) is 46.3 Å². The minimum Gasteiger partial charge on any atom is -0.449 e. The number of alkyl carbamates (subject to hydrolysis) is 1. The van der Waals surface area contributed by atoms with Gasteiger partial charge in [-0.25, -0.2) is 4.79 Å². The molecule has 0 bridgehead atoms. The van der Waals surface area contributed by atoms with Crippen molar-refractivity contribution in [2.45, 2.75) is 13.0 Å². The summed E-state index contributed by atoms with van der Waals surface area (Å²) in [6, 6.07) is 13.8. The van der Waals surface area contributed by atoms with E-state index in [0.29, 0.717) is 12.0 Å². The summed E-state index contributed by atoms with van der Waals surface area (Å²) >= 11 is 3.43. The molecule has 0 spiro atoms. The molecule has 0 aromatic heterocycles. The number of nitro groups is 1. The highest BCUT2D eigenvalue weighted by molar-refractivity contribution is 9.10. The van der Waals surface area contributed by atoms with Crippen LogP contribution in [-0.2, 0) is 17.7 Å². The topological polar surface area (TPSA) is 81.5 Å². The Balaban J connectivity index is 1.76. The van der Waals surface area contributed by atoms with Crippen molar-refractivity contribution in [2.24, 2.45) is 0 Å². The fourth-order valence-electron chi connectivity index (χ4n) is 1.96. The minimum absolute atomic E-state index is 0.00778. The van der Waals surface area contributed by atoms with E-state index in [1.54, 1.807) is 12.1 Å². The monoisotopic (exact) mass is 378 g/mol. The zero-order valence-electron chi connectivity index (χ0n) is 12.2. The lowest BCUT2D eigenvalue weighted by Crippen LogP contribution is -2.24. The standard InChI is InChI=1S/C16H15BrN2O4/c17-15-7-2-1-5-13(15)8-9-23-16(20)18-11-12-4-3-6-14(10-12)19(21)22/h1-7,10H,8-9,11H2,(H,18,20). The molecule has 120 valence electrons. The maximum atomic E-state index is 11.6. The van der Waals surface area contributed by atoms with Gasteiger partial charge >= 0.3 is 6.09 Å². The summed E-state index contributed by atoms with van der Waals surface area (Å²) in [6.45, 7) is 0.429. The number of nitrogens with zero attached hydrogens (tertiary/aromatic N) is 1. The number of rotatable bonds is 6. The van der Waals surface area contributed by atoms with Gasteiger partial charge in [0.05, 0.1) is 11.5 Å². The van der Waals surface area contributed by atoms with Gasteiger partial charge in [0.2, 0.25) is 0 Å². The third-order valence-electron chi connectivity index (χ3n) is 3.12. The van der Waals surface area contributed by atoms with Crippen molar-refractivity contribution in [3.05, 3.63) is 74.2 Å². The first-order valence-corrected chi connectivity index (χ1v) is 7.73. The molecule has 0 aliphatic heterocycles. The van der Waals surface area contributed by atoms with Crippen LogP contribution in [0, 0.1) is 10.1 Å². The first-order valence-electron chi connectivity index (χ1n) is 6.93. The number of carbonyl (C=O) groups is 1. The predicted octanol–water partition coefficient (Wildman–Crippen LogP) is 3.83. The molecule has 0 saturated heterocycles. The van der Waals surface area contributed by atoms with E-state index in [-0.39, 0.29) is 18.8 Å². The zero-order valence-corrected chi connectivity index (χ0v) is 13.8. The highest BCUT2D eigenvalue weighted by Gasteiger charge is 2.07. The summed E-state index contributed by atoms with van der Waals surface area (Å²) in [5, 5.41) is 13.3. The lowest BCUT2D eigenvalue weighted by molar-refractivity contribution is -0.384. The first-order chi connectivity index (χ1) is 11.1. The van der Waals surface area contributed by atoms with Crippen LogP contribution in [0.2, 0.25) is 0 Å². The van der Waals surface area contributed by atoms with Gasteiger partial charge < -0.3 is 10.1 Å². The molecule has 23 heavy (non-hydrogen) atoms. The van der Waals surface area contributed by atoms with Gasteiger partial charge in [0.1, 0.15) is 0 Å². The molecule has 2 aromatic carbocycles. The average molecular weight is 379 g/mol.